The van der Waals surface area contributed by atoms with Gasteiger partial charge in [0.25, 0.3) is 0 Å². The minimum absolute atomic E-state index is 0.106. The van der Waals surface area contributed by atoms with Crippen molar-refractivity contribution in [3.63, 3.8) is 0 Å². The van der Waals surface area contributed by atoms with Crippen molar-refractivity contribution in [1.82, 2.24) is 4.98 Å². The molecule has 0 aliphatic heterocycles. The number of hydrogen-bond donors (Lipinski definition) is 3. The van der Waals surface area contributed by atoms with Crippen LogP contribution in [-0.4, -0.2) is 21.3 Å². The highest BCUT2D eigenvalue weighted by Crippen LogP contribution is 2.33. The molecule has 1 aromatic heterocycles. The van der Waals surface area contributed by atoms with E-state index in [2.05, 4.69) is 20.9 Å². The summed E-state index contributed by atoms with van der Waals surface area (Å²) in [5.74, 6) is -0.106. The summed E-state index contributed by atoms with van der Waals surface area (Å²) in [6.07, 6.45) is 0.656. The van der Waals surface area contributed by atoms with E-state index in [1.54, 1.807) is 12.1 Å². The summed E-state index contributed by atoms with van der Waals surface area (Å²) in [5, 5.41) is 13.0. The average Bonchev–Trinajstić information content (AvgIpc) is 3.32. The lowest BCUT2D eigenvalue weighted by atomic mass is 10.2. The molecule has 3 N–H and O–H groups in total. The number of nitrogens with one attached hydrogen (secondary N) is 3. The molecule has 0 radical (unpaired) electrons. The molecule has 0 saturated heterocycles. The van der Waals surface area contributed by atoms with Crippen molar-refractivity contribution in [3.05, 3.63) is 87.7 Å². The summed E-state index contributed by atoms with van der Waals surface area (Å²) in [6, 6.07) is 21.1. The van der Waals surface area contributed by atoms with Crippen LogP contribution in [0, 0.1) is 6.92 Å². The molecule has 5 nitrogen and oxygen atoms in total. The smallest absolute Gasteiger partial charge is 0.239 e. The Morgan fingerprint density at radius 1 is 1.03 bits per heavy atom. The van der Waals surface area contributed by atoms with Gasteiger partial charge in [0.15, 0.2) is 10.2 Å². The van der Waals surface area contributed by atoms with Gasteiger partial charge in [-0.2, -0.15) is 0 Å². The lowest BCUT2D eigenvalue weighted by Crippen LogP contribution is -2.24. The van der Waals surface area contributed by atoms with Crippen molar-refractivity contribution in [2.45, 2.75) is 30.4 Å². The van der Waals surface area contributed by atoms with E-state index >= 15 is 0 Å². The Balaban J connectivity index is 1.37. The Morgan fingerprint density at radius 3 is 2.51 bits per heavy atom. The molecule has 0 fully saturated rings. The summed E-state index contributed by atoms with van der Waals surface area (Å²) >= 11 is 20.6. The number of thiazole rings is 1. The van der Waals surface area contributed by atoms with Gasteiger partial charge >= 0.3 is 0 Å². The maximum Gasteiger partial charge on any atom is 0.239 e. The molecule has 0 bridgehead atoms. The van der Waals surface area contributed by atoms with Gasteiger partial charge < -0.3 is 16.0 Å². The number of carbonyl (C=O) groups excluding carboxylic acids is 1. The third-order valence-electron chi connectivity index (χ3n) is 5.28. The zero-order valence-corrected chi connectivity index (χ0v) is 24.0. The molecule has 37 heavy (non-hydrogen) atoms. The van der Waals surface area contributed by atoms with Gasteiger partial charge in [0.2, 0.25) is 5.91 Å². The second-order valence-corrected chi connectivity index (χ2v) is 11.5. The highest BCUT2D eigenvalue weighted by molar-refractivity contribution is 8.00. The standard InChI is InChI=1S/C27H24Cl2N4OS3/c1-3-24(25(34)33-27-32-23(15-36-27)21-12-9-17(28)13-22(21)29)37-20-6-4-5-19(14-20)31-26(35)30-18-10-7-16(2)8-11-18/h4-15,24H,3H2,1-2H3,(H2,30,31,35)(H,32,33,34). The lowest BCUT2D eigenvalue weighted by molar-refractivity contribution is -0.115. The van der Waals surface area contributed by atoms with Gasteiger partial charge in [0.05, 0.1) is 16.0 Å². The Kier molecular flexibility index (Phi) is 9.45. The highest BCUT2D eigenvalue weighted by Gasteiger charge is 2.20. The van der Waals surface area contributed by atoms with Crippen molar-refractivity contribution in [2.24, 2.45) is 0 Å². The topological polar surface area (TPSA) is 66.0 Å². The van der Waals surface area contributed by atoms with Crippen molar-refractivity contribution >= 4 is 86.0 Å². The summed E-state index contributed by atoms with van der Waals surface area (Å²) in [5.41, 5.74) is 4.40. The number of halogens is 2. The Morgan fingerprint density at radius 2 is 1.78 bits per heavy atom. The fourth-order valence-corrected chi connectivity index (χ4v) is 5.87. The molecule has 0 aliphatic rings. The molecule has 1 amide bonds. The Hall–Kier alpha value is -2.62. The summed E-state index contributed by atoms with van der Waals surface area (Å²) in [6.45, 7) is 4.03. The van der Waals surface area contributed by atoms with Crippen LogP contribution in [0.1, 0.15) is 18.9 Å². The van der Waals surface area contributed by atoms with E-state index in [4.69, 9.17) is 35.4 Å². The molecule has 4 aromatic rings. The van der Waals surface area contributed by atoms with Crippen molar-refractivity contribution in [2.75, 3.05) is 16.0 Å². The summed E-state index contributed by atoms with van der Waals surface area (Å²) < 4.78 is 0. The second kappa shape index (κ2) is 12.8. The number of aromatic nitrogens is 1. The number of rotatable bonds is 8. The monoisotopic (exact) mass is 586 g/mol. The van der Waals surface area contributed by atoms with Crippen LogP contribution >= 0.6 is 58.5 Å². The number of amides is 1. The highest BCUT2D eigenvalue weighted by atomic mass is 35.5. The van der Waals surface area contributed by atoms with E-state index in [0.29, 0.717) is 32.4 Å². The predicted molar refractivity (Wildman–Crippen MR) is 164 cm³/mol. The first-order valence-electron chi connectivity index (χ1n) is 11.4. The van der Waals surface area contributed by atoms with Crippen molar-refractivity contribution < 1.29 is 4.79 Å². The zero-order valence-electron chi connectivity index (χ0n) is 20.0. The fraction of sp³-hybridized carbons (Fsp3) is 0.148. The van der Waals surface area contributed by atoms with Gasteiger partial charge in [-0.25, -0.2) is 4.98 Å². The molecular weight excluding hydrogens is 563 g/mol. The average molecular weight is 588 g/mol. The van der Waals surface area contributed by atoms with E-state index in [1.165, 1.54) is 28.7 Å². The van der Waals surface area contributed by atoms with E-state index in [0.717, 1.165) is 21.8 Å². The van der Waals surface area contributed by atoms with Crippen LogP contribution in [0.5, 0.6) is 0 Å². The predicted octanol–water partition coefficient (Wildman–Crippen LogP) is 8.74. The number of benzene rings is 3. The molecule has 0 spiro atoms. The fourth-order valence-electron chi connectivity index (χ4n) is 3.40. The summed E-state index contributed by atoms with van der Waals surface area (Å²) in [4.78, 5) is 18.5. The van der Waals surface area contributed by atoms with Gasteiger partial charge in [-0.15, -0.1) is 23.1 Å². The van der Waals surface area contributed by atoms with Crippen LogP contribution in [-0.2, 0) is 4.79 Å². The van der Waals surface area contributed by atoms with Crippen LogP contribution in [0.2, 0.25) is 10.0 Å². The van der Waals surface area contributed by atoms with Gasteiger partial charge in [-0.3, -0.25) is 4.79 Å². The molecule has 0 saturated carbocycles. The lowest BCUT2D eigenvalue weighted by Gasteiger charge is -2.15. The SMILES string of the molecule is CCC(Sc1cccc(NC(=S)Nc2ccc(C)cc2)c1)C(=O)Nc1nc(-c2ccc(Cl)cc2Cl)cs1. The number of carbonyl (C=O) groups is 1. The van der Waals surface area contributed by atoms with Crippen LogP contribution in [0.4, 0.5) is 16.5 Å². The molecule has 1 atom stereocenters. The molecular formula is C27H24Cl2N4OS3. The number of thioether (sulfide) groups is 1. The minimum atomic E-state index is -0.292. The molecule has 1 unspecified atom stereocenters. The van der Waals surface area contributed by atoms with Crippen LogP contribution in [0.15, 0.2) is 77.0 Å². The van der Waals surface area contributed by atoms with Gasteiger partial charge in [0, 0.05) is 32.2 Å². The summed E-state index contributed by atoms with van der Waals surface area (Å²) in [7, 11) is 0. The maximum atomic E-state index is 13.0. The molecule has 190 valence electrons. The minimum Gasteiger partial charge on any atom is -0.332 e. The van der Waals surface area contributed by atoms with Crippen LogP contribution < -0.4 is 16.0 Å². The van der Waals surface area contributed by atoms with Crippen molar-refractivity contribution in [3.8, 4) is 11.3 Å². The Bertz CT molecular complexity index is 1410. The molecule has 1 heterocycles. The number of aryl methyl sites for hydroxylation is 1. The quantitative estimate of drug-likeness (QED) is 0.142. The van der Waals surface area contributed by atoms with E-state index in [9.17, 15) is 4.79 Å². The second-order valence-electron chi connectivity index (χ2n) is 8.14. The van der Waals surface area contributed by atoms with Crippen LogP contribution in [0.3, 0.4) is 0 Å². The largest absolute Gasteiger partial charge is 0.332 e. The van der Waals surface area contributed by atoms with Gasteiger partial charge in [0.1, 0.15) is 0 Å². The molecule has 3 aromatic carbocycles. The van der Waals surface area contributed by atoms with Gasteiger partial charge in [-0.05, 0) is 74.1 Å². The first-order chi connectivity index (χ1) is 17.8. The van der Waals surface area contributed by atoms with Gasteiger partial charge in [-0.1, -0.05) is 53.9 Å². The normalized spacial score (nSPS) is 11.6. The molecule has 4 rings (SSSR count). The number of nitrogens with zero attached hydrogens (tertiary/aromatic N) is 1. The first kappa shape index (κ1) is 27.4. The number of hydrogen-bond acceptors (Lipinski definition) is 5. The van der Waals surface area contributed by atoms with E-state index < -0.39 is 0 Å². The third kappa shape index (κ3) is 7.69. The maximum absolute atomic E-state index is 13.0. The Labute approximate surface area is 240 Å². The third-order valence-corrected chi connectivity index (χ3v) is 8.15. The molecule has 0 aliphatic carbocycles. The van der Waals surface area contributed by atoms with E-state index in [-0.39, 0.29) is 11.2 Å². The van der Waals surface area contributed by atoms with Crippen LogP contribution in [0.25, 0.3) is 11.3 Å². The van der Waals surface area contributed by atoms with E-state index in [1.807, 2.05) is 73.8 Å². The number of anilines is 3. The first-order valence-corrected chi connectivity index (χ1v) is 14.4. The number of thiocarbonyl (C=S) groups is 1. The van der Waals surface area contributed by atoms with Crippen molar-refractivity contribution in [1.29, 1.82) is 0 Å². The molecule has 10 heteroatoms. The zero-order chi connectivity index (χ0) is 26.4.